The summed E-state index contributed by atoms with van der Waals surface area (Å²) in [5, 5.41) is 7.77. The van der Waals surface area contributed by atoms with E-state index < -0.39 is 0 Å². The minimum Gasteiger partial charge on any atom is -0.493 e. The molecule has 2 aromatic carbocycles. The molecule has 33 heavy (non-hydrogen) atoms. The van der Waals surface area contributed by atoms with Gasteiger partial charge in [0.1, 0.15) is 12.1 Å². The number of likely N-dealkylation sites (tertiary alicyclic amines) is 1. The van der Waals surface area contributed by atoms with Gasteiger partial charge in [0.15, 0.2) is 16.6 Å². The second-order valence-electron chi connectivity index (χ2n) is 8.39. The van der Waals surface area contributed by atoms with Crippen LogP contribution in [0.25, 0.3) is 10.9 Å². The molecule has 4 rings (SSSR count). The van der Waals surface area contributed by atoms with Gasteiger partial charge < -0.3 is 25.0 Å². The first kappa shape index (κ1) is 23.2. The van der Waals surface area contributed by atoms with Crippen molar-refractivity contribution in [2.24, 2.45) is 5.92 Å². The van der Waals surface area contributed by atoms with E-state index in [4.69, 9.17) is 21.7 Å². The number of fused-ring (bicyclic) bond motifs is 1. The van der Waals surface area contributed by atoms with E-state index in [1.54, 1.807) is 7.11 Å². The number of thiocarbonyl (C=S) groups is 1. The minimum atomic E-state index is 0.470. The zero-order chi connectivity index (χ0) is 23.2. The summed E-state index contributed by atoms with van der Waals surface area (Å²) in [6.07, 6.45) is 4.74. The van der Waals surface area contributed by atoms with Gasteiger partial charge in [0.25, 0.3) is 0 Å². The van der Waals surface area contributed by atoms with Gasteiger partial charge in [-0.3, -0.25) is 0 Å². The maximum absolute atomic E-state index is 6.17. The summed E-state index contributed by atoms with van der Waals surface area (Å²) < 4.78 is 11.8. The van der Waals surface area contributed by atoms with Crippen LogP contribution in [-0.2, 0) is 6.42 Å². The summed E-state index contributed by atoms with van der Waals surface area (Å²) in [5.74, 6) is 2.53. The maximum atomic E-state index is 6.17. The Hall–Kier alpha value is -2.97. The number of methoxy groups -OCH3 is 1. The summed E-state index contributed by atoms with van der Waals surface area (Å²) in [4.78, 5) is 11.2. The van der Waals surface area contributed by atoms with Crippen molar-refractivity contribution >= 4 is 39.7 Å². The highest BCUT2D eigenvalue weighted by molar-refractivity contribution is 7.80. The van der Waals surface area contributed by atoms with Crippen molar-refractivity contribution in [3.63, 3.8) is 0 Å². The van der Waals surface area contributed by atoms with Gasteiger partial charge in [0.2, 0.25) is 0 Å². The van der Waals surface area contributed by atoms with Crippen LogP contribution in [0.2, 0.25) is 0 Å². The molecule has 0 aliphatic carbocycles. The summed E-state index contributed by atoms with van der Waals surface area (Å²) in [7, 11) is 3.81. The van der Waals surface area contributed by atoms with Gasteiger partial charge in [0.05, 0.1) is 19.2 Å². The molecule has 1 fully saturated rings. The average molecular weight is 466 g/mol. The van der Waals surface area contributed by atoms with E-state index in [0.717, 1.165) is 48.9 Å². The van der Waals surface area contributed by atoms with Crippen LogP contribution in [0.5, 0.6) is 11.5 Å². The van der Waals surface area contributed by atoms with Crippen molar-refractivity contribution in [2.45, 2.75) is 26.2 Å². The average Bonchev–Trinajstić information content (AvgIpc) is 2.83. The number of aryl methyl sites for hydroxylation is 1. The van der Waals surface area contributed by atoms with Gasteiger partial charge in [-0.1, -0.05) is 25.1 Å². The Bertz CT molecular complexity index is 1120. The van der Waals surface area contributed by atoms with Crippen molar-refractivity contribution in [1.29, 1.82) is 0 Å². The van der Waals surface area contributed by atoms with Crippen LogP contribution in [0, 0.1) is 5.92 Å². The second-order valence-corrected chi connectivity index (χ2v) is 8.80. The molecule has 0 amide bonds. The topological polar surface area (TPSA) is 71.5 Å². The quantitative estimate of drug-likeness (QED) is 0.485. The van der Waals surface area contributed by atoms with Gasteiger partial charge in [-0.25, -0.2) is 9.97 Å². The molecule has 1 aliphatic rings. The lowest BCUT2D eigenvalue weighted by atomic mass is 9.98. The van der Waals surface area contributed by atoms with E-state index in [1.807, 2.05) is 30.3 Å². The number of nitrogens with zero attached hydrogens (tertiary/aromatic N) is 3. The van der Waals surface area contributed by atoms with Crippen molar-refractivity contribution in [1.82, 2.24) is 14.9 Å². The number of ether oxygens (including phenoxy) is 2. The highest BCUT2D eigenvalue weighted by Gasteiger charge is 2.19. The fraction of sp³-hybridized carbons (Fsp3) is 0.400. The van der Waals surface area contributed by atoms with Gasteiger partial charge in [0, 0.05) is 17.1 Å². The standard InChI is InChI=1S/C25H31N5O2S/c1-4-18-7-5-6-8-20(18)28-25(33)29-24-19-13-22(31-3)23(14-21(19)26-16-27-24)32-15-17-9-11-30(2)12-10-17/h5-8,13-14,16-17H,4,9-12,15H2,1-3H3,(H2,26,27,28,29,33). The molecule has 8 heteroatoms. The molecule has 1 aliphatic heterocycles. The molecule has 0 bridgehead atoms. The maximum Gasteiger partial charge on any atom is 0.176 e. The summed E-state index contributed by atoms with van der Waals surface area (Å²) in [6.45, 7) is 5.02. The lowest BCUT2D eigenvalue weighted by Crippen LogP contribution is -2.32. The molecule has 1 saturated heterocycles. The lowest BCUT2D eigenvalue weighted by Gasteiger charge is -2.28. The molecule has 2 heterocycles. The number of aromatic nitrogens is 2. The van der Waals surface area contributed by atoms with Gasteiger partial charge in [-0.15, -0.1) is 0 Å². The Morgan fingerprint density at radius 2 is 1.91 bits per heavy atom. The number of para-hydroxylation sites is 1. The fourth-order valence-corrected chi connectivity index (χ4v) is 4.29. The van der Waals surface area contributed by atoms with Crippen LogP contribution in [-0.4, -0.2) is 53.8 Å². The third kappa shape index (κ3) is 5.69. The molecular formula is C25H31N5O2S. The van der Waals surface area contributed by atoms with Gasteiger partial charge in [-0.05, 0) is 75.2 Å². The molecule has 1 aromatic heterocycles. The molecular weight excluding hydrogens is 434 g/mol. The number of nitrogens with one attached hydrogen (secondary N) is 2. The minimum absolute atomic E-state index is 0.470. The van der Waals surface area contributed by atoms with Crippen LogP contribution in [0.1, 0.15) is 25.3 Å². The molecule has 0 saturated carbocycles. The molecule has 7 nitrogen and oxygen atoms in total. The molecule has 174 valence electrons. The Kier molecular flexibility index (Phi) is 7.57. The number of piperidine rings is 1. The molecule has 0 atom stereocenters. The van der Waals surface area contributed by atoms with E-state index in [9.17, 15) is 0 Å². The van der Waals surface area contributed by atoms with Gasteiger partial charge >= 0.3 is 0 Å². The zero-order valence-electron chi connectivity index (χ0n) is 19.4. The summed E-state index contributed by atoms with van der Waals surface area (Å²) in [5.41, 5.74) is 2.95. The van der Waals surface area contributed by atoms with Gasteiger partial charge in [-0.2, -0.15) is 0 Å². The number of anilines is 2. The Morgan fingerprint density at radius 3 is 2.67 bits per heavy atom. The van der Waals surface area contributed by atoms with Crippen molar-refractivity contribution < 1.29 is 9.47 Å². The second kappa shape index (κ2) is 10.8. The van der Waals surface area contributed by atoms with Crippen LogP contribution >= 0.6 is 12.2 Å². The van der Waals surface area contributed by atoms with Crippen LogP contribution < -0.4 is 20.1 Å². The predicted octanol–water partition coefficient (Wildman–Crippen LogP) is 4.73. The first-order chi connectivity index (χ1) is 16.1. The Labute approximate surface area is 200 Å². The largest absolute Gasteiger partial charge is 0.493 e. The third-order valence-electron chi connectivity index (χ3n) is 6.11. The monoisotopic (exact) mass is 465 g/mol. The Morgan fingerprint density at radius 1 is 1.12 bits per heavy atom. The summed E-state index contributed by atoms with van der Waals surface area (Å²) in [6, 6.07) is 11.9. The zero-order valence-corrected chi connectivity index (χ0v) is 20.2. The first-order valence-electron chi connectivity index (χ1n) is 11.4. The van der Waals surface area contributed by atoms with E-state index in [2.05, 4.69) is 45.5 Å². The number of hydrogen-bond acceptors (Lipinski definition) is 6. The molecule has 3 aromatic rings. The SMILES string of the molecule is CCc1ccccc1NC(=S)Nc1ncnc2cc(OCC3CCN(C)CC3)c(OC)cc12. The van der Waals surface area contributed by atoms with Crippen LogP contribution in [0.15, 0.2) is 42.7 Å². The Balaban J connectivity index is 1.50. The highest BCUT2D eigenvalue weighted by atomic mass is 32.1. The third-order valence-corrected chi connectivity index (χ3v) is 6.32. The normalized spacial score (nSPS) is 14.8. The van der Waals surface area contributed by atoms with E-state index >= 15 is 0 Å². The number of hydrogen-bond donors (Lipinski definition) is 2. The smallest absolute Gasteiger partial charge is 0.176 e. The molecule has 0 unspecified atom stereocenters. The number of rotatable bonds is 7. The lowest BCUT2D eigenvalue weighted by molar-refractivity contribution is 0.157. The molecule has 0 radical (unpaired) electrons. The predicted molar refractivity (Wildman–Crippen MR) is 137 cm³/mol. The highest BCUT2D eigenvalue weighted by Crippen LogP contribution is 2.34. The summed E-state index contributed by atoms with van der Waals surface area (Å²) >= 11 is 5.56. The number of benzene rings is 2. The molecule has 2 N–H and O–H groups in total. The molecule has 0 spiro atoms. The van der Waals surface area contributed by atoms with Crippen molar-refractivity contribution in [2.75, 3.05) is 44.5 Å². The van der Waals surface area contributed by atoms with E-state index in [0.29, 0.717) is 35.0 Å². The van der Waals surface area contributed by atoms with Crippen molar-refractivity contribution in [3.8, 4) is 11.5 Å². The fourth-order valence-electron chi connectivity index (χ4n) is 4.08. The van der Waals surface area contributed by atoms with E-state index in [-0.39, 0.29) is 0 Å². The van der Waals surface area contributed by atoms with E-state index in [1.165, 1.54) is 11.9 Å². The van der Waals surface area contributed by atoms with Crippen LogP contribution in [0.3, 0.4) is 0 Å². The van der Waals surface area contributed by atoms with Crippen molar-refractivity contribution in [3.05, 3.63) is 48.3 Å². The van der Waals surface area contributed by atoms with Crippen LogP contribution in [0.4, 0.5) is 11.5 Å². The first-order valence-corrected chi connectivity index (χ1v) is 11.8.